The van der Waals surface area contributed by atoms with Crippen LogP contribution in [-0.2, 0) is 45.2 Å². The van der Waals surface area contributed by atoms with Crippen molar-refractivity contribution in [1.82, 2.24) is 39.9 Å². The number of likely N-dealkylation sites (tertiary alicyclic amines) is 2. The van der Waals surface area contributed by atoms with E-state index in [9.17, 15) is 9.59 Å². The number of hydroxylamine groups is 4. The number of carbonyl (C=O) groups excluding carboxylic acids is 2. The minimum Gasteiger partial charge on any atom is -0.467 e. The molecule has 1 aliphatic carbocycles. The zero-order chi connectivity index (χ0) is 59.4. The number of anilines is 4. The molecule has 2 amide bonds. The summed E-state index contributed by atoms with van der Waals surface area (Å²) in [6.07, 6.45) is 12.1. The number of piperidine rings is 2. The summed E-state index contributed by atoms with van der Waals surface area (Å²) < 4.78 is 11.0. The Morgan fingerprint density at radius 2 is 0.964 bits per heavy atom. The van der Waals surface area contributed by atoms with Crippen LogP contribution in [-0.4, -0.2) is 174 Å². The Labute approximate surface area is 506 Å². The van der Waals surface area contributed by atoms with Gasteiger partial charge in [0.2, 0.25) is 11.8 Å². The van der Waals surface area contributed by atoms with Crippen LogP contribution in [0, 0.1) is 17.8 Å². The maximum absolute atomic E-state index is 12.7. The SMILES string of the molecule is CN1CCCC1.CN1CCCC1.CON(C)C(C)=O.COc1nc2c(c(N3CCC4C(C3)C4C(=O)N(C)OC)n1)CCN(c1cccc3cccc(Cl)c13)C2.COc1nc2c(c(N3CCCCC3)n1)CCN(c1cccc3cccc(Cl)c13)C2. The number of aromatic nitrogens is 4. The van der Waals surface area contributed by atoms with Gasteiger partial charge < -0.3 is 38.9 Å². The number of hydrogen-bond donors (Lipinski definition) is 0. The Balaban J connectivity index is 0.000000155. The zero-order valence-electron chi connectivity index (χ0n) is 50.8. The third-order valence-electron chi connectivity index (χ3n) is 17.5. The van der Waals surface area contributed by atoms with Gasteiger partial charge in [-0.1, -0.05) is 71.7 Å². The molecule has 20 heteroatoms. The van der Waals surface area contributed by atoms with Gasteiger partial charge in [0.05, 0.1) is 63.0 Å². The molecular formula is C64H86Cl2N12O6. The first-order chi connectivity index (χ1) is 40.7. The summed E-state index contributed by atoms with van der Waals surface area (Å²) in [6, 6.07) is 25.6. The summed E-state index contributed by atoms with van der Waals surface area (Å²) in [5, 5.41) is 8.52. The highest BCUT2D eigenvalue weighted by atomic mass is 35.5. The predicted molar refractivity (Wildman–Crippen MR) is 337 cm³/mol. The van der Waals surface area contributed by atoms with Gasteiger partial charge in [-0.25, -0.2) is 10.1 Å². The smallest absolute Gasteiger partial charge is 0.318 e. The van der Waals surface area contributed by atoms with E-state index in [1.54, 1.807) is 28.3 Å². The van der Waals surface area contributed by atoms with E-state index in [0.717, 1.165) is 136 Å². The van der Waals surface area contributed by atoms with Gasteiger partial charge in [0.25, 0.3) is 0 Å². The van der Waals surface area contributed by atoms with Crippen molar-refractivity contribution < 1.29 is 28.7 Å². The van der Waals surface area contributed by atoms with Crippen molar-refractivity contribution >= 4 is 79.6 Å². The summed E-state index contributed by atoms with van der Waals surface area (Å²) in [7, 11) is 13.8. The second-order valence-corrected chi connectivity index (χ2v) is 23.7. The van der Waals surface area contributed by atoms with Crippen LogP contribution >= 0.6 is 23.2 Å². The Bertz CT molecular complexity index is 3170. The molecule has 6 aliphatic heterocycles. The van der Waals surface area contributed by atoms with Crippen molar-refractivity contribution in [3.05, 3.63) is 105 Å². The Morgan fingerprint density at radius 3 is 1.37 bits per heavy atom. The molecule has 6 aromatic rings. The van der Waals surface area contributed by atoms with E-state index in [1.165, 1.54) is 108 Å². The molecule has 452 valence electrons. The van der Waals surface area contributed by atoms with Crippen molar-refractivity contribution in [2.45, 2.75) is 84.2 Å². The van der Waals surface area contributed by atoms with Gasteiger partial charge in [-0.3, -0.25) is 19.3 Å². The summed E-state index contributed by atoms with van der Waals surface area (Å²) >= 11 is 13.2. The number of methoxy groups -OCH3 is 2. The monoisotopic (exact) mass is 1190 g/mol. The molecule has 1 saturated carbocycles. The number of benzene rings is 4. The van der Waals surface area contributed by atoms with Gasteiger partial charge in [0.1, 0.15) is 11.6 Å². The van der Waals surface area contributed by atoms with Gasteiger partial charge in [-0.2, -0.15) is 19.9 Å². The first-order valence-corrected chi connectivity index (χ1v) is 30.7. The van der Waals surface area contributed by atoms with Crippen LogP contribution in [0.2, 0.25) is 10.0 Å². The fourth-order valence-electron chi connectivity index (χ4n) is 12.6. The molecule has 7 aliphatic rings. The first kappa shape index (κ1) is 62.3. The lowest BCUT2D eigenvalue weighted by atomic mass is 10.0. The zero-order valence-corrected chi connectivity index (χ0v) is 52.3. The third kappa shape index (κ3) is 14.9. The highest BCUT2D eigenvalue weighted by Crippen LogP contribution is 2.53. The number of amides is 2. The fraction of sp³-hybridized carbons (Fsp3) is 0.531. The standard InChI is InChI=1S/C27H30ClN5O3.C23H25ClN4O.2C5H11N.C4H9NO2/c1-31(36-3)26(34)24-17-10-13-33(14-19(17)24)25-18-11-12-32(15-21(18)29-27(30-25)35-2)22-9-5-7-16-6-4-8-20(28)23(16)22;1-29-23-25-19-15-28(20-10-6-8-16-7-5-9-18(24)21(16)20)14-11-17(19)22(26-23)27-12-3-2-4-13-27;2*1-6-4-2-3-5-6;1-4(6)5(2)7-3/h4-9,17,19,24H,10-15H2,1-3H3;5-10H,2-4,11-15H2,1H3;2*2-5H2,1H3;1-3H3. The second-order valence-electron chi connectivity index (χ2n) is 22.9. The van der Waals surface area contributed by atoms with Crippen molar-refractivity contribution in [3.63, 3.8) is 0 Å². The van der Waals surface area contributed by atoms with E-state index in [-0.39, 0.29) is 17.7 Å². The number of hydrogen-bond acceptors (Lipinski definition) is 16. The lowest BCUT2D eigenvalue weighted by Gasteiger charge is -2.35. The van der Waals surface area contributed by atoms with Gasteiger partial charge in [-0.15, -0.1) is 0 Å². The molecule has 13 rings (SSSR count). The molecule has 5 fully saturated rings. The minimum absolute atomic E-state index is 0.0334. The summed E-state index contributed by atoms with van der Waals surface area (Å²) in [4.78, 5) is 65.7. The van der Waals surface area contributed by atoms with Crippen LogP contribution in [0.25, 0.3) is 21.5 Å². The summed E-state index contributed by atoms with van der Waals surface area (Å²) in [5.74, 6) is 2.79. The van der Waals surface area contributed by atoms with E-state index in [2.05, 4.69) is 96.9 Å². The van der Waals surface area contributed by atoms with Crippen molar-refractivity contribution in [2.24, 2.45) is 17.8 Å². The Morgan fingerprint density at radius 1 is 0.524 bits per heavy atom. The van der Waals surface area contributed by atoms with Crippen molar-refractivity contribution in [1.29, 1.82) is 0 Å². The van der Waals surface area contributed by atoms with E-state index in [1.807, 2.05) is 24.3 Å². The second kappa shape index (κ2) is 29.2. The largest absolute Gasteiger partial charge is 0.467 e. The molecule has 84 heavy (non-hydrogen) atoms. The number of rotatable bonds is 9. The van der Waals surface area contributed by atoms with Crippen LogP contribution in [0.5, 0.6) is 12.0 Å². The van der Waals surface area contributed by atoms with E-state index < -0.39 is 0 Å². The Hall–Kier alpha value is -6.28. The third-order valence-corrected chi connectivity index (χ3v) is 18.1. The van der Waals surface area contributed by atoms with Gasteiger partial charge in [0, 0.05) is 99.5 Å². The molecule has 0 N–H and O–H groups in total. The minimum atomic E-state index is -0.0949. The summed E-state index contributed by atoms with van der Waals surface area (Å²) in [5.41, 5.74) is 6.77. The number of ether oxygens (including phenoxy) is 2. The first-order valence-electron chi connectivity index (χ1n) is 29.9. The average molecular weight is 1190 g/mol. The van der Waals surface area contributed by atoms with E-state index in [0.29, 0.717) is 30.4 Å². The normalized spacial score (nSPS) is 19.9. The van der Waals surface area contributed by atoms with Gasteiger partial charge in [0.15, 0.2) is 0 Å². The van der Waals surface area contributed by atoms with Crippen LogP contribution in [0.1, 0.15) is 80.8 Å². The quantitative estimate of drug-likeness (QED) is 0.126. The number of nitrogens with zero attached hydrogens (tertiary/aromatic N) is 12. The van der Waals surface area contributed by atoms with E-state index >= 15 is 0 Å². The summed E-state index contributed by atoms with van der Waals surface area (Å²) in [6.45, 7) is 13.7. The van der Waals surface area contributed by atoms with Crippen LogP contribution < -0.4 is 29.1 Å². The maximum Gasteiger partial charge on any atom is 0.318 e. The van der Waals surface area contributed by atoms with E-state index in [4.69, 9.17) is 57.4 Å². The van der Waals surface area contributed by atoms with Crippen LogP contribution in [0.15, 0.2) is 72.8 Å². The Kier molecular flexibility index (Phi) is 21.6. The molecule has 3 unspecified atom stereocenters. The van der Waals surface area contributed by atoms with Gasteiger partial charge >= 0.3 is 12.0 Å². The highest BCUT2D eigenvalue weighted by molar-refractivity contribution is 6.37. The van der Waals surface area contributed by atoms with Crippen molar-refractivity contribution in [2.75, 3.05) is 142 Å². The molecule has 8 heterocycles. The maximum atomic E-state index is 12.7. The predicted octanol–water partition coefficient (Wildman–Crippen LogP) is 10.2. The number of halogens is 2. The molecule has 0 radical (unpaired) electrons. The number of fused-ring (bicyclic) bond motifs is 5. The molecule has 0 spiro atoms. The molecular weight excluding hydrogens is 1100 g/mol. The topological polar surface area (TPSA) is 149 Å². The van der Waals surface area contributed by atoms with Crippen molar-refractivity contribution in [3.8, 4) is 12.0 Å². The lowest BCUT2D eigenvalue weighted by Crippen LogP contribution is -2.37. The van der Waals surface area contributed by atoms with Crippen LogP contribution in [0.4, 0.5) is 23.0 Å². The molecule has 18 nitrogen and oxygen atoms in total. The molecule has 0 bridgehead atoms. The fourth-order valence-corrected chi connectivity index (χ4v) is 13.1. The molecule has 3 atom stereocenters. The molecule has 2 aromatic heterocycles. The van der Waals surface area contributed by atoms with Crippen LogP contribution in [0.3, 0.4) is 0 Å². The number of carbonyl (C=O) groups is 2. The lowest BCUT2D eigenvalue weighted by molar-refractivity contribution is -0.170. The highest BCUT2D eigenvalue weighted by Gasteiger charge is 2.58. The average Bonchev–Trinajstić information content (AvgIpc) is 2.34. The molecule has 4 saturated heterocycles. The molecule has 4 aromatic carbocycles. The van der Waals surface area contributed by atoms with Gasteiger partial charge in [-0.05, 0) is 151 Å².